The largest absolute Gasteiger partial charge is 0.306 e. The van der Waals surface area contributed by atoms with Crippen LogP contribution in [-0.4, -0.2) is 29.1 Å². The first-order chi connectivity index (χ1) is 14.0. The van der Waals surface area contributed by atoms with Gasteiger partial charge in [0.1, 0.15) is 10.6 Å². The third-order valence-electron chi connectivity index (χ3n) is 4.23. The van der Waals surface area contributed by atoms with Crippen LogP contribution in [0.15, 0.2) is 65.1 Å². The summed E-state index contributed by atoms with van der Waals surface area (Å²) in [6.07, 6.45) is 0. The van der Waals surface area contributed by atoms with Crippen LogP contribution in [0.25, 0.3) is 10.2 Å². The van der Waals surface area contributed by atoms with E-state index in [0.717, 1.165) is 10.2 Å². The van der Waals surface area contributed by atoms with Gasteiger partial charge in [-0.05, 0) is 42.5 Å². The molecule has 3 N–H and O–H groups in total. The molecule has 0 radical (unpaired) electrons. The summed E-state index contributed by atoms with van der Waals surface area (Å²) in [4.78, 5) is 26.2. The lowest BCUT2D eigenvalue weighted by atomic mass is 10.2. The summed E-state index contributed by atoms with van der Waals surface area (Å²) in [7, 11) is 1.77. The Bertz CT molecular complexity index is 1170. The van der Waals surface area contributed by atoms with Crippen LogP contribution in [0.1, 0.15) is 20.0 Å². The first kappa shape index (κ1) is 19.2. The van der Waals surface area contributed by atoms with E-state index in [2.05, 4.69) is 36.9 Å². The Morgan fingerprint density at radius 2 is 1.79 bits per heavy atom. The molecule has 0 unspecified atom stereocenters. The van der Waals surface area contributed by atoms with E-state index in [9.17, 15) is 9.59 Å². The number of fused-ring (bicyclic) bond motifs is 1. The van der Waals surface area contributed by atoms with Gasteiger partial charge in [0, 0.05) is 17.1 Å². The lowest BCUT2D eigenvalue weighted by molar-refractivity contribution is 0.0954. The molecule has 0 bridgehead atoms. The number of rotatable bonds is 5. The minimum absolute atomic E-state index is 0.246. The quantitative estimate of drug-likeness (QED) is 0.377. The van der Waals surface area contributed by atoms with Crippen LogP contribution >= 0.6 is 27.3 Å². The number of thiophene rings is 1. The minimum atomic E-state index is -0.260. The van der Waals surface area contributed by atoms with Crippen molar-refractivity contribution in [2.45, 2.75) is 0 Å². The van der Waals surface area contributed by atoms with Crippen molar-refractivity contribution in [3.05, 3.63) is 75.6 Å². The van der Waals surface area contributed by atoms with Crippen LogP contribution < -0.4 is 15.8 Å². The highest BCUT2D eigenvalue weighted by atomic mass is 79.9. The topological polar surface area (TPSA) is 90.1 Å². The fourth-order valence-corrected chi connectivity index (χ4v) is 3.88. The second kappa shape index (κ2) is 8.06. The van der Waals surface area contributed by atoms with Gasteiger partial charge in [-0.25, -0.2) is 0 Å². The van der Waals surface area contributed by atoms with E-state index in [1.54, 1.807) is 42.4 Å². The molecule has 0 saturated heterocycles. The molecule has 0 aliphatic heterocycles. The Kier molecular flexibility index (Phi) is 5.32. The predicted octanol–water partition coefficient (Wildman–Crippen LogP) is 4.42. The third-order valence-corrected chi connectivity index (χ3v) is 5.79. The van der Waals surface area contributed by atoms with Gasteiger partial charge in [-0.3, -0.25) is 25.1 Å². The average molecular weight is 470 g/mol. The van der Waals surface area contributed by atoms with Crippen molar-refractivity contribution >= 4 is 60.8 Å². The van der Waals surface area contributed by atoms with Crippen molar-refractivity contribution in [3.8, 4) is 0 Å². The van der Waals surface area contributed by atoms with Gasteiger partial charge in [0.15, 0.2) is 0 Å². The second-order valence-corrected chi connectivity index (χ2v) is 8.17. The Balaban J connectivity index is 1.50. The van der Waals surface area contributed by atoms with Gasteiger partial charge in [-0.1, -0.05) is 34.1 Å². The first-order valence-corrected chi connectivity index (χ1v) is 10.3. The van der Waals surface area contributed by atoms with Gasteiger partial charge in [-0.2, -0.15) is 5.10 Å². The molecule has 0 spiro atoms. The number of amides is 2. The van der Waals surface area contributed by atoms with E-state index < -0.39 is 0 Å². The molecule has 0 aliphatic rings. The molecule has 146 valence electrons. The highest BCUT2D eigenvalue weighted by Gasteiger charge is 2.18. The van der Waals surface area contributed by atoms with Crippen LogP contribution in [0.5, 0.6) is 0 Å². The zero-order chi connectivity index (χ0) is 20.4. The number of hydrogen-bond acceptors (Lipinski definition) is 5. The smallest absolute Gasteiger partial charge is 0.279 e. The zero-order valence-corrected chi connectivity index (χ0v) is 17.7. The highest BCUT2D eigenvalue weighted by molar-refractivity contribution is 9.10. The number of H-pyrrole nitrogens is 1. The van der Waals surface area contributed by atoms with E-state index in [1.807, 2.05) is 30.3 Å². The number of aromatic amines is 1. The normalized spacial score (nSPS) is 10.7. The SMILES string of the molecule is CN(NC(=O)c1cc2c(NC(=O)c3ccc(Br)cc3)[nH]nc2s1)c1ccccc1. The van der Waals surface area contributed by atoms with Crippen molar-refractivity contribution in [1.29, 1.82) is 0 Å². The summed E-state index contributed by atoms with van der Waals surface area (Å²) in [5.41, 5.74) is 4.22. The van der Waals surface area contributed by atoms with Crippen molar-refractivity contribution < 1.29 is 9.59 Å². The Morgan fingerprint density at radius 3 is 2.52 bits per heavy atom. The van der Waals surface area contributed by atoms with Crippen LogP contribution in [0.2, 0.25) is 0 Å². The molecule has 7 nitrogen and oxygen atoms in total. The third kappa shape index (κ3) is 4.15. The maximum atomic E-state index is 12.6. The Labute approximate surface area is 178 Å². The molecule has 29 heavy (non-hydrogen) atoms. The Hall–Kier alpha value is -3.17. The molecule has 0 saturated carbocycles. The lowest BCUT2D eigenvalue weighted by Crippen LogP contribution is -2.38. The minimum Gasteiger partial charge on any atom is -0.306 e. The van der Waals surface area contributed by atoms with Gasteiger partial charge in [0.2, 0.25) is 0 Å². The second-order valence-electron chi connectivity index (χ2n) is 6.22. The maximum Gasteiger partial charge on any atom is 0.279 e. The summed E-state index contributed by atoms with van der Waals surface area (Å²) in [5.74, 6) is -0.0479. The first-order valence-electron chi connectivity index (χ1n) is 8.66. The molecule has 2 amide bonds. The standard InChI is InChI=1S/C20H16BrN5O2S/c1-26(14-5-3-2-4-6-14)25-19(28)16-11-15-17(23-24-20(15)29-16)22-18(27)12-7-9-13(21)10-8-12/h2-11H,1H3,(H,25,28)(H2,22,23,24,27). The lowest BCUT2D eigenvalue weighted by Gasteiger charge is -2.19. The van der Waals surface area contributed by atoms with E-state index in [4.69, 9.17) is 0 Å². The van der Waals surface area contributed by atoms with Crippen LogP contribution in [0.4, 0.5) is 11.5 Å². The number of hydrazine groups is 1. The number of nitrogens with zero attached hydrogens (tertiary/aromatic N) is 2. The van der Waals surface area contributed by atoms with E-state index >= 15 is 0 Å². The molecule has 0 aliphatic carbocycles. The van der Waals surface area contributed by atoms with Crippen molar-refractivity contribution in [2.75, 3.05) is 17.4 Å². The molecule has 2 aromatic heterocycles. The van der Waals surface area contributed by atoms with Crippen molar-refractivity contribution in [2.24, 2.45) is 0 Å². The fraction of sp³-hybridized carbons (Fsp3) is 0.0500. The van der Waals surface area contributed by atoms with Gasteiger partial charge in [0.05, 0.1) is 16.0 Å². The highest BCUT2D eigenvalue weighted by Crippen LogP contribution is 2.29. The summed E-state index contributed by atoms with van der Waals surface area (Å²) in [6, 6.07) is 18.3. The number of hydrogen-bond donors (Lipinski definition) is 3. The van der Waals surface area contributed by atoms with Crippen molar-refractivity contribution in [3.63, 3.8) is 0 Å². The molecule has 0 fully saturated rings. The van der Waals surface area contributed by atoms with Crippen LogP contribution in [-0.2, 0) is 0 Å². The Morgan fingerprint density at radius 1 is 1.07 bits per heavy atom. The number of para-hydroxylation sites is 1. The molecule has 2 heterocycles. The molecule has 9 heteroatoms. The average Bonchev–Trinajstić information content (AvgIpc) is 3.31. The predicted molar refractivity (Wildman–Crippen MR) is 118 cm³/mol. The number of nitrogens with one attached hydrogen (secondary N) is 3. The molecule has 4 rings (SSSR count). The van der Waals surface area contributed by atoms with Gasteiger partial charge < -0.3 is 5.32 Å². The summed E-state index contributed by atoms with van der Waals surface area (Å²) in [5, 5.41) is 12.2. The zero-order valence-electron chi connectivity index (χ0n) is 15.3. The number of carbonyl (C=O) groups excluding carboxylic acids is 2. The molecule has 0 atom stereocenters. The van der Waals surface area contributed by atoms with E-state index in [-0.39, 0.29) is 11.8 Å². The molecular formula is C20H16BrN5O2S. The van der Waals surface area contributed by atoms with Gasteiger partial charge >= 0.3 is 0 Å². The van der Waals surface area contributed by atoms with Crippen LogP contribution in [0.3, 0.4) is 0 Å². The fourth-order valence-electron chi connectivity index (χ4n) is 2.73. The van der Waals surface area contributed by atoms with Gasteiger partial charge in [0.25, 0.3) is 11.8 Å². The number of halogens is 1. The van der Waals surface area contributed by atoms with Crippen molar-refractivity contribution in [1.82, 2.24) is 15.6 Å². The van der Waals surface area contributed by atoms with Gasteiger partial charge in [-0.15, -0.1) is 11.3 Å². The maximum absolute atomic E-state index is 12.6. The summed E-state index contributed by atoms with van der Waals surface area (Å²) in [6.45, 7) is 0. The van der Waals surface area contributed by atoms with Crippen LogP contribution in [0, 0.1) is 0 Å². The van der Waals surface area contributed by atoms with E-state index in [0.29, 0.717) is 26.5 Å². The molecule has 4 aromatic rings. The summed E-state index contributed by atoms with van der Waals surface area (Å²) < 4.78 is 0.895. The molecular weight excluding hydrogens is 454 g/mol. The number of anilines is 2. The molecule has 2 aromatic carbocycles. The number of carbonyl (C=O) groups is 2. The number of aromatic nitrogens is 2. The van der Waals surface area contributed by atoms with E-state index in [1.165, 1.54) is 11.3 Å². The summed E-state index contributed by atoms with van der Waals surface area (Å²) >= 11 is 4.60. The number of benzene rings is 2. The monoisotopic (exact) mass is 469 g/mol.